The number of carbonyl (C=O) groups excluding carboxylic acids is 1. The molecule has 0 aliphatic carbocycles. The molecule has 1 aromatic heterocycles. The van der Waals surface area contributed by atoms with E-state index in [-0.39, 0.29) is 18.2 Å². The molecule has 0 saturated carbocycles. The molecule has 0 saturated heterocycles. The van der Waals surface area contributed by atoms with E-state index in [9.17, 15) is 9.90 Å². The number of nitrogens with zero attached hydrogens (tertiary/aromatic N) is 2. The number of rotatable bonds is 4. The van der Waals surface area contributed by atoms with Crippen LogP contribution in [0.3, 0.4) is 0 Å². The molecule has 0 aliphatic rings. The molecule has 1 amide bonds. The Balaban J connectivity index is 1.72. The zero-order chi connectivity index (χ0) is 18.0. The van der Waals surface area contributed by atoms with Crippen LogP contribution in [0.25, 0.3) is 10.9 Å². The SMILES string of the molecule is O=C(COc1c(Br)cc(Br)cc1Br)N=Nc1c(O)[nH]c2ccccc12. The van der Waals surface area contributed by atoms with Gasteiger partial charge in [0.1, 0.15) is 5.75 Å². The van der Waals surface area contributed by atoms with Crippen LogP contribution in [-0.2, 0) is 4.79 Å². The lowest BCUT2D eigenvalue weighted by Crippen LogP contribution is -2.08. The molecule has 2 N–H and O–H groups in total. The molecular weight excluding hydrogens is 522 g/mol. The minimum atomic E-state index is -0.577. The second kappa shape index (κ2) is 7.67. The van der Waals surface area contributed by atoms with Crippen molar-refractivity contribution in [3.63, 3.8) is 0 Å². The van der Waals surface area contributed by atoms with Crippen molar-refractivity contribution in [1.82, 2.24) is 4.98 Å². The molecular formula is C16H10Br3N3O3. The van der Waals surface area contributed by atoms with Gasteiger partial charge in [0.15, 0.2) is 12.3 Å². The number of ether oxygens (including phenoxy) is 1. The predicted molar refractivity (Wildman–Crippen MR) is 105 cm³/mol. The Bertz CT molecular complexity index is 962. The Hall–Kier alpha value is -1.71. The van der Waals surface area contributed by atoms with Gasteiger partial charge in [-0.25, -0.2) is 0 Å². The molecule has 0 unspecified atom stereocenters. The molecule has 3 rings (SSSR count). The van der Waals surface area contributed by atoms with Crippen LogP contribution in [0.4, 0.5) is 5.69 Å². The largest absolute Gasteiger partial charge is 0.493 e. The third kappa shape index (κ3) is 4.10. The summed E-state index contributed by atoms with van der Waals surface area (Å²) < 4.78 is 7.72. The Kier molecular flexibility index (Phi) is 5.55. The van der Waals surface area contributed by atoms with E-state index in [4.69, 9.17) is 4.74 Å². The van der Waals surface area contributed by atoms with Gasteiger partial charge in [0.25, 0.3) is 0 Å². The van der Waals surface area contributed by atoms with Crippen LogP contribution in [0.1, 0.15) is 0 Å². The van der Waals surface area contributed by atoms with Gasteiger partial charge in [0.2, 0.25) is 5.88 Å². The van der Waals surface area contributed by atoms with Crippen molar-refractivity contribution in [2.24, 2.45) is 10.2 Å². The van der Waals surface area contributed by atoms with Crippen LogP contribution in [0.15, 0.2) is 60.0 Å². The van der Waals surface area contributed by atoms with Gasteiger partial charge in [0, 0.05) is 9.86 Å². The van der Waals surface area contributed by atoms with E-state index in [2.05, 4.69) is 63.0 Å². The monoisotopic (exact) mass is 529 g/mol. The van der Waals surface area contributed by atoms with Gasteiger partial charge in [-0.2, -0.15) is 0 Å². The fraction of sp³-hybridized carbons (Fsp3) is 0.0625. The highest BCUT2D eigenvalue weighted by Crippen LogP contribution is 2.37. The molecule has 2 aromatic carbocycles. The van der Waals surface area contributed by atoms with Crippen molar-refractivity contribution in [3.05, 3.63) is 49.8 Å². The number of fused-ring (bicyclic) bond motifs is 1. The summed E-state index contributed by atoms with van der Waals surface area (Å²) in [6.07, 6.45) is 0. The summed E-state index contributed by atoms with van der Waals surface area (Å²) >= 11 is 10.1. The zero-order valence-corrected chi connectivity index (χ0v) is 17.2. The molecule has 0 aliphatic heterocycles. The van der Waals surface area contributed by atoms with E-state index in [1.165, 1.54) is 0 Å². The van der Waals surface area contributed by atoms with E-state index in [0.29, 0.717) is 25.6 Å². The van der Waals surface area contributed by atoms with Gasteiger partial charge in [0.05, 0.1) is 14.5 Å². The number of halogens is 3. The van der Waals surface area contributed by atoms with Crippen LogP contribution < -0.4 is 4.74 Å². The molecule has 0 bridgehead atoms. The van der Waals surface area contributed by atoms with Gasteiger partial charge >= 0.3 is 5.91 Å². The summed E-state index contributed by atoms with van der Waals surface area (Å²) in [6, 6.07) is 10.8. The third-order valence-corrected chi connectivity index (χ3v) is 4.86. The number of hydrogen-bond donors (Lipinski definition) is 2. The van der Waals surface area contributed by atoms with Crippen molar-refractivity contribution in [2.45, 2.75) is 0 Å². The summed E-state index contributed by atoms with van der Waals surface area (Å²) in [6.45, 7) is -0.286. The molecule has 128 valence electrons. The highest BCUT2D eigenvalue weighted by molar-refractivity contribution is 9.11. The Morgan fingerprint density at radius 3 is 2.56 bits per heavy atom. The van der Waals surface area contributed by atoms with Gasteiger partial charge in [-0.15, -0.1) is 10.2 Å². The maximum Gasteiger partial charge on any atom is 0.302 e. The fourth-order valence-corrected chi connectivity index (χ4v) is 4.64. The number of aromatic amines is 1. The number of nitrogens with one attached hydrogen (secondary N) is 1. The van der Waals surface area contributed by atoms with Crippen LogP contribution in [0.2, 0.25) is 0 Å². The standard InChI is InChI=1S/C16H10Br3N3O3/c17-8-5-10(18)15(11(19)6-8)25-7-13(23)21-22-14-9-3-1-2-4-12(9)20-16(14)24/h1-6,20,24H,7H2. The smallest absolute Gasteiger partial charge is 0.302 e. The van der Waals surface area contributed by atoms with Crippen LogP contribution in [0, 0.1) is 0 Å². The van der Waals surface area contributed by atoms with Crippen molar-refractivity contribution in [2.75, 3.05) is 6.61 Å². The maximum atomic E-state index is 11.9. The van der Waals surface area contributed by atoms with Crippen molar-refractivity contribution < 1.29 is 14.6 Å². The highest BCUT2D eigenvalue weighted by Gasteiger charge is 2.12. The molecule has 3 aromatic rings. The summed E-state index contributed by atoms with van der Waals surface area (Å²) in [7, 11) is 0. The molecule has 0 radical (unpaired) electrons. The lowest BCUT2D eigenvalue weighted by Gasteiger charge is -2.08. The molecule has 25 heavy (non-hydrogen) atoms. The number of aromatic nitrogens is 1. The van der Waals surface area contributed by atoms with E-state index >= 15 is 0 Å². The van der Waals surface area contributed by atoms with Crippen molar-refractivity contribution in [1.29, 1.82) is 0 Å². The fourth-order valence-electron chi connectivity index (χ4n) is 2.15. The number of H-pyrrole nitrogens is 1. The molecule has 0 atom stereocenters. The first-order valence-electron chi connectivity index (χ1n) is 6.97. The number of amides is 1. The van der Waals surface area contributed by atoms with E-state index in [1.807, 2.05) is 12.1 Å². The molecule has 0 spiro atoms. The highest BCUT2D eigenvalue weighted by atomic mass is 79.9. The van der Waals surface area contributed by atoms with Crippen molar-refractivity contribution >= 4 is 70.3 Å². The molecule has 6 nitrogen and oxygen atoms in total. The van der Waals surface area contributed by atoms with Crippen LogP contribution in [0.5, 0.6) is 11.6 Å². The van der Waals surface area contributed by atoms with E-state index < -0.39 is 5.91 Å². The number of para-hydroxylation sites is 1. The number of azo groups is 1. The number of aromatic hydroxyl groups is 1. The minimum absolute atomic E-state index is 0.142. The topological polar surface area (TPSA) is 87.0 Å². The third-order valence-electron chi connectivity index (χ3n) is 3.22. The van der Waals surface area contributed by atoms with E-state index in [0.717, 1.165) is 4.47 Å². The number of hydrogen-bond acceptors (Lipinski definition) is 4. The Labute approximate surface area is 167 Å². The quantitative estimate of drug-likeness (QED) is 0.414. The summed E-state index contributed by atoms with van der Waals surface area (Å²) in [5, 5.41) is 18.0. The summed E-state index contributed by atoms with van der Waals surface area (Å²) in [4.78, 5) is 14.7. The van der Waals surface area contributed by atoms with Gasteiger partial charge < -0.3 is 14.8 Å². The first-order chi connectivity index (χ1) is 12.0. The lowest BCUT2D eigenvalue weighted by molar-refractivity contribution is -0.120. The van der Waals surface area contributed by atoms with E-state index in [1.54, 1.807) is 24.3 Å². The number of benzene rings is 2. The molecule has 9 heteroatoms. The van der Waals surface area contributed by atoms with Crippen molar-refractivity contribution in [3.8, 4) is 11.6 Å². The second-order valence-corrected chi connectivity index (χ2v) is 7.57. The summed E-state index contributed by atoms with van der Waals surface area (Å²) in [5.41, 5.74) is 0.926. The Morgan fingerprint density at radius 1 is 1.16 bits per heavy atom. The average molecular weight is 532 g/mol. The lowest BCUT2D eigenvalue weighted by atomic mass is 10.2. The van der Waals surface area contributed by atoms with Gasteiger partial charge in [-0.05, 0) is 50.1 Å². The van der Waals surface area contributed by atoms with Gasteiger partial charge in [-0.3, -0.25) is 4.79 Å². The maximum absolute atomic E-state index is 11.9. The van der Waals surface area contributed by atoms with Crippen LogP contribution >= 0.6 is 47.8 Å². The average Bonchev–Trinajstić information content (AvgIpc) is 2.87. The summed E-state index contributed by atoms with van der Waals surface area (Å²) in [5.74, 6) is -0.231. The normalized spacial score (nSPS) is 11.3. The first-order valence-corrected chi connectivity index (χ1v) is 9.35. The molecule has 1 heterocycles. The minimum Gasteiger partial charge on any atom is -0.493 e. The molecule has 0 fully saturated rings. The zero-order valence-electron chi connectivity index (χ0n) is 12.5. The second-order valence-electron chi connectivity index (χ2n) is 4.95. The number of carbonyl (C=O) groups is 1. The van der Waals surface area contributed by atoms with Gasteiger partial charge in [-0.1, -0.05) is 34.1 Å². The Morgan fingerprint density at radius 2 is 1.84 bits per heavy atom. The van der Waals surface area contributed by atoms with Crippen LogP contribution in [-0.4, -0.2) is 22.6 Å². The predicted octanol–water partition coefficient (Wildman–Crippen LogP) is 5.85. The first kappa shape index (κ1) is 18.1.